The van der Waals surface area contributed by atoms with E-state index in [4.69, 9.17) is 4.74 Å². The molecule has 0 bridgehead atoms. The highest BCUT2D eigenvalue weighted by molar-refractivity contribution is 6.01. The van der Waals surface area contributed by atoms with Gasteiger partial charge in [-0.15, -0.1) is 6.58 Å². The number of amides is 3. The molecule has 0 fully saturated rings. The van der Waals surface area contributed by atoms with Crippen LogP contribution in [0.2, 0.25) is 0 Å². The molecule has 3 aromatic rings. The van der Waals surface area contributed by atoms with Gasteiger partial charge in [0, 0.05) is 31.4 Å². The minimum Gasteiger partial charge on any atom is -0.489 e. The first kappa shape index (κ1) is 23.4. The van der Waals surface area contributed by atoms with Crippen molar-refractivity contribution in [3.05, 3.63) is 120 Å². The predicted octanol–water partition coefficient (Wildman–Crippen LogP) is 4.25. The van der Waals surface area contributed by atoms with Gasteiger partial charge in [-0.2, -0.15) is 0 Å². The summed E-state index contributed by atoms with van der Waals surface area (Å²) in [6, 6.07) is 22.5. The fourth-order valence-corrected chi connectivity index (χ4v) is 4.62. The summed E-state index contributed by atoms with van der Waals surface area (Å²) in [4.78, 5) is 34.4. The molecule has 1 unspecified atom stereocenters. The van der Waals surface area contributed by atoms with E-state index < -0.39 is 6.04 Å². The smallest absolute Gasteiger partial charge is 0.322 e. The lowest BCUT2D eigenvalue weighted by molar-refractivity contribution is -0.125. The van der Waals surface area contributed by atoms with Crippen LogP contribution in [0.5, 0.6) is 5.75 Å². The van der Waals surface area contributed by atoms with Gasteiger partial charge in [-0.1, -0.05) is 54.6 Å². The summed E-state index contributed by atoms with van der Waals surface area (Å²) in [6.07, 6.45) is 4.06. The molecule has 0 radical (unpaired) electrons. The summed E-state index contributed by atoms with van der Waals surface area (Å²) in [7, 11) is 0. The first-order valence-electron chi connectivity index (χ1n) is 12.0. The van der Waals surface area contributed by atoms with Gasteiger partial charge in [0.05, 0.1) is 23.9 Å². The molecular weight excluding hydrogens is 452 g/mol. The summed E-state index contributed by atoms with van der Waals surface area (Å²) in [5, 5.41) is 3.03. The molecule has 2 aliphatic rings. The van der Waals surface area contributed by atoms with E-state index >= 15 is 0 Å². The van der Waals surface area contributed by atoms with Crippen molar-refractivity contribution in [1.82, 2.24) is 20.1 Å². The number of benzene rings is 2. The Balaban J connectivity index is 1.39. The van der Waals surface area contributed by atoms with Crippen LogP contribution in [0.25, 0.3) is 0 Å². The number of ether oxygens (including phenoxy) is 1. The zero-order valence-corrected chi connectivity index (χ0v) is 20.0. The number of carbonyl (C=O) groups is 2. The summed E-state index contributed by atoms with van der Waals surface area (Å²) < 4.78 is 6.00. The van der Waals surface area contributed by atoms with Crippen molar-refractivity contribution >= 4 is 11.9 Å². The maximum Gasteiger partial charge on any atom is 0.322 e. The summed E-state index contributed by atoms with van der Waals surface area (Å²) in [6.45, 7) is 5.45. The lowest BCUT2D eigenvalue weighted by Gasteiger charge is -2.33. The van der Waals surface area contributed by atoms with Gasteiger partial charge in [-0.25, -0.2) is 4.79 Å². The average molecular weight is 481 g/mol. The van der Waals surface area contributed by atoms with E-state index in [0.717, 1.165) is 22.5 Å². The number of hydrogen-bond acceptors (Lipinski definition) is 4. The van der Waals surface area contributed by atoms with Crippen molar-refractivity contribution in [2.24, 2.45) is 0 Å². The van der Waals surface area contributed by atoms with Gasteiger partial charge in [0.2, 0.25) is 0 Å². The molecule has 1 aromatic heterocycles. The molecule has 7 heteroatoms. The molecule has 1 atom stereocenters. The molecule has 182 valence electrons. The van der Waals surface area contributed by atoms with Crippen LogP contribution in [0, 0.1) is 0 Å². The molecule has 2 aliphatic heterocycles. The van der Waals surface area contributed by atoms with Gasteiger partial charge in [-0.3, -0.25) is 14.7 Å². The molecule has 36 heavy (non-hydrogen) atoms. The molecule has 5 rings (SSSR count). The topological polar surface area (TPSA) is 74.8 Å². The third kappa shape index (κ3) is 4.86. The highest BCUT2D eigenvalue weighted by Gasteiger charge is 2.43. The van der Waals surface area contributed by atoms with Crippen molar-refractivity contribution in [3.63, 3.8) is 0 Å². The van der Waals surface area contributed by atoms with Crippen LogP contribution in [0.1, 0.15) is 22.9 Å². The van der Waals surface area contributed by atoms with Crippen molar-refractivity contribution in [2.45, 2.75) is 19.1 Å². The lowest BCUT2D eigenvalue weighted by atomic mass is 9.95. The minimum atomic E-state index is -0.554. The number of rotatable bonds is 9. The van der Waals surface area contributed by atoms with Crippen LogP contribution in [-0.4, -0.2) is 46.4 Å². The van der Waals surface area contributed by atoms with Gasteiger partial charge in [0.25, 0.3) is 5.91 Å². The van der Waals surface area contributed by atoms with E-state index in [1.807, 2.05) is 72.8 Å². The van der Waals surface area contributed by atoms with Crippen LogP contribution in [0.4, 0.5) is 4.79 Å². The second-order valence-electron chi connectivity index (χ2n) is 8.79. The second kappa shape index (κ2) is 10.5. The van der Waals surface area contributed by atoms with Gasteiger partial charge in [-0.05, 0) is 35.4 Å². The SMILES string of the molecule is C=CCN1C(=O)NC(c2cccc(OCc3ccccc3)c2)C2=C1CN(CCc1ccccn1)C2=O. The number of aromatic nitrogens is 1. The van der Waals surface area contributed by atoms with E-state index in [-0.39, 0.29) is 11.9 Å². The summed E-state index contributed by atoms with van der Waals surface area (Å²) in [5.74, 6) is 0.606. The zero-order valence-electron chi connectivity index (χ0n) is 20.0. The molecule has 0 saturated heterocycles. The molecule has 0 saturated carbocycles. The third-order valence-corrected chi connectivity index (χ3v) is 6.41. The number of pyridine rings is 1. The van der Waals surface area contributed by atoms with E-state index in [9.17, 15) is 9.59 Å². The van der Waals surface area contributed by atoms with Gasteiger partial charge in [0.15, 0.2) is 0 Å². The van der Waals surface area contributed by atoms with Crippen LogP contribution < -0.4 is 10.1 Å². The Morgan fingerprint density at radius 3 is 2.67 bits per heavy atom. The van der Waals surface area contributed by atoms with Crippen LogP contribution in [0.15, 0.2) is 103 Å². The minimum absolute atomic E-state index is 0.0735. The zero-order chi connectivity index (χ0) is 24.9. The molecule has 3 heterocycles. The fourth-order valence-electron chi connectivity index (χ4n) is 4.62. The molecule has 2 aromatic carbocycles. The molecule has 7 nitrogen and oxygen atoms in total. The van der Waals surface area contributed by atoms with Gasteiger partial charge < -0.3 is 15.0 Å². The number of nitrogens with one attached hydrogen (secondary N) is 1. The monoisotopic (exact) mass is 480 g/mol. The number of hydrogen-bond donors (Lipinski definition) is 1. The number of nitrogens with zero attached hydrogens (tertiary/aromatic N) is 3. The standard InChI is InChI=1S/C29H28N4O3/c1-2-16-33-25-19-32(17-14-23-12-6-7-15-30-23)28(34)26(25)27(31-29(33)35)22-11-8-13-24(18-22)36-20-21-9-4-3-5-10-21/h2-13,15,18,27H,1,14,16-17,19-20H2,(H,31,35). The van der Waals surface area contributed by atoms with Crippen LogP contribution in [-0.2, 0) is 17.8 Å². The lowest BCUT2D eigenvalue weighted by Crippen LogP contribution is -2.47. The molecule has 0 aliphatic carbocycles. The largest absolute Gasteiger partial charge is 0.489 e. The second-order valence-corrected chi connectivity index (χ2v) is 8.79. The molecule has 3 amide bonds. The molecule has 0 spiro atoms. The van der Waals surface area contributed by atoms with Gasteiger partial charge in [0.1, 0.15) is 12.4 Å². The maximum atomic E-state index is 13.6. The predicted molar refractivity (Wildman–Crippen MR) is 137 cm³/mol. The van der Waals surface area contributed by atoms with Gasteiger partial charge >= 0.3 is 6.03 Å². The summed E-state index contributed by atoms with van der Waals surface area (Å²) in [5.41, 5.74) is 4.11. The fraction of sp³-hybridized carbons (Fsp3) is 0.207. The maximum absolute atomic E-state index is 13.6. The first-order valence-corrected chi connectivity index (χ1v) is 12.0. The molecular formula is C29H28N4O3. The Labute approximate surface area is 210 Å². The molecule has 1 N–H and O–H groups in total. The Morgan fingerprint density at radius 1 is 1.06 bits per heavy atom. The van der Waals surface area contributed by atoms with E-state index in [1.165, 1.54) is 0 Å². The normalized spacial score (nSPS) is 17.2. The number of urea groups is 1. The Hall–Kier alpha value is -4.39. The Kier molecular flexibility index (Phi) is 6.80. The van der Waals surface area contributed by atoms with Crippen molar-refractivity contribution < 1.29 is 14.3 Å². The third-order valence-electron chi connectivity index (χ3n) is 6.41. The van der Waals surface area contributed by atoms with Crippen LogP contribution in [0.3, 0.4) is 0 Å². The van der Waals surface area contributed by atoms with Crippen molar-refractivity contribution in [1.29, 1.82) is 0 Å². The first-order chi connectivity index (χ1) is 17.6. The highest BCUT2D eigenvalue weighted by Crippen LogP contribution is 2.37. The van der Waals surface area contributed by atoms with Crippen molar-refractivity contribution in [3.8, 4) is 5.75 Å². The van der Waals surface area contributed by atoms with E-state index in [2.05, 4.69) is 16.9 Å². The Bertz CT molecular complexity index is 1290. The average Bonchev–Trinajstić information content (AvgIpc) is 3.25. The quantitative estimate of drug-likeness (QED) is 0.465. The number of carbonyl (C=O) groups excluding carboxylic acids is 2. The summed E-state index contributed by atoms with van der Waals surface area (Å²) >= 11 is 0. The van der Waals surface area contributed by atoms with E-state index in [1.54, 1.807) is 22.1 Å². The van der Waals surface area contributed by atoms with Crippen LogP contribution >= 0.6 is 0 Å². The Morgan fingerprint density at radius 2 is 1.89 bits per heavy atom. The highest BCUT2D eigenvalue weighted by atomic mass is 16.5. The van der Waals surface area contributed by atoms with Crippen molar-refractivity contribution in [2.75, 3.05) is 19.6 Å². The van der Waals surface area contributed by atoms with E-state index in [0.29, 0.717) is 44.0 Å².